The fraction of sp³-hybridized carbons (Fsp3) is 0.667. The zero-order valence-corrected chi connectivity index (χ0v) is 17.3. The smallest absolute Gasteiger partial charge is 0.223 e. The highest BCUT2D eigenvalue weighted by Crippen LogP contribution is 2.16. The molecule has 0 aliphatic carbocycles. The average molecular weight is 395 g/mol. The largest absolute Gasteiger partial charge is 0.356 e. The second-order valence-electron chi connectivity index (χ2n) is 7.82. The van der Waals surface area contributed by atoms with Crippen LogP contribution in [0.4, 0.5) is 0 Å². The average Bonchev–Trinajstić information content (AvgIpc) is 2.67. The van der Waals surface area contributed by atoms with Crippen LogP contribution < -0.4 is 10.6 Å². The third kappa shape index (κ3) is 7.41. The Balaban J connectivity index is 0.00000261. The fourth-order valence-electron chi connectivity index (χ4n) is 4.04. The van der Waals surface area contributed by atoms with E-state index in [2.05, 4.69) is 57.7 Å². The maximum Gasteiger partial charge on any atom is 0.223 e. The number of carbonyl (C=O) groups is 1. The van der Waals surface area contributed by atoms with Crippen molar-refractivity contribution < 1.29 is 4.79 Å². The standard InChI is InChI=1S/C21H34N4O.ClH/c1-18-16-20(8-10-22-18)21(26)23-9-5-11-24-12-14-25(15-13-24)17-19-6-3-2-4-7-19;/h2-4,6-7,18,20,22H,5,8-17H2,1H3,(H,23,26);1H/t18-,20-;/m0./s1. The van der Waals surface area contributed by atoms with E-state index in [0.717, 1.165) is 71.6 Å². The maximum absolute atomic E-state index is 12.3. The van der Waals surface area contributed by atoms with Crippen LogP contribution in [-0.4, -0.2) is 67.6 Å². The zero-order chi connectivity index (χ0) is 18.2. The molecule has 2 aliphatic rings. The third-order valence-corrected chi connectivity index (χ3v) is 5.66. The molecule has 2 heterocycles. The van der Waals surface area contributed by atoms with Gasteiger partial charge in [0.25, 0.3) is 0 Å². The SMILES string of the molecule is C[C@H]1C[C@@H](C(=O)NCCCN2CCN(Cc3ccccc3)CC2)CCN1.Cl. The number of hydrogen-bond acceptors (Lipinski definition) is 4. The van der Waals surface area contributed by atoms with Gasteiger partial charge in [-0.25, -0.2) is 0 Å². The summed E-state index contributed by atoms with van der Waals surface area (Å²) in [6.07, 6.45) is 2.99. The van der Waals surface area contributed by atoms with E-state index in [1.807, 2.05) is 0 Å². The van der Waals surface area contributed by atoms with Crippen molar-refractivity contribution in [1.29, 1.82) is 0 Å². The van der Waals surface area contributed by atoms with Gasteiger partial charge in [-0.2, -0.15) is 0 Å². The van der Waals surface area contributed by atoms with E-state index in [4.69, 9.17) is 0 Å². The van der Waals surface area contributed by atoms with Gasteiger partial charge in [-0.1, -0.05) is 30.3 Å². The number of nitrogens with zero attached hydrogens (tertiary/aromatic N) is 2. The summed E-state index contributed by atoms with van der Waals surface area (Å²) < 4.78 is 0. The minimum atomic E-state index is 0. The summed E-state index contributed by atoms with van der Waals surface area (Å²) in [6.45, 7) is 10.6. The lowest BCUT2D eigenvalue weighted by Gasteiger charge is -2.34. The van der Waals surface area contributed by atoms with Gasteiger partial charge in [0.2, 0.25) is 5.91 Å². The number of carbonyl (C=O) groups excluding carboxylic acids is 1. The van der Waals surface area contributed by atoms with Crippen LogP contribution in [0.2, 0.25) is 0 Å². The van der Waals surface area contributed by atoms with Crippen molar-refractivity contribution in [1.82, 2.24) is 20.4 Å². The van der Waals surface area contributed by atoms with Gasteiger partial charge in [-0.3, -0.25) is 9.69 Å². The molecule has 1 aromatic carbocycles. The molecule has 1 amide bonds. The molecule has 2 atom stereocenters. The van der Waals surface area contributed by atoms with E-state index in [-0.39, 0.29) is 24.2 Å². The second kappa shape index (κ2) is 11.6. The molecule has 5 nitrogen and oxygen atoms in total. The van der Waals surface area contributed by atoms with Gasteiger partial charge in [0.1, 0.15) is 0 Å². The quantitative estimate of drug-likeness (QED) is 0.695. The van der Waals surface area contributed by atoms with E-state index in [9.17, 15) is 4.79 Å². The van der Waals surface area contributed by atoms with Crippen LogP contribution in [0, 0.1) is 5.92 Å². The molecule has 2 N–H and O–H groups in total. The number of hydrogen-bond donors (Lipinski definition) is 2. The number of rotatable bonds is 7. The van der Waals surface area contributed by atoms with Gasteiger partial charge in [0, 0.05) is 51.2 Å². The molecule has 2 saturated heterocycles. The van der Waals surface area contributed by atoms with Crippen molar-refractivity contribution in [3.8, 4) is 0 Å². The molecule has 2 fully saturated rings. The summed E-state index contributed by atoms with van der Waals surface area (Å²) in [5.74, 6) is 0.457. The Labute approximate surface area is 170 Å². The minimum Gasteiger partial charge on any atom is -0.356 e. The molecule has 6 heteroatoms. The lowest BCUT2D eigenvalue weighted by Crippen LogP contribution is -2.46. The lowest BCUT2D eigenvalue weighted by atomic mass is 9.92. The monoisotopic (exact) mass is 394 g/mol. The normalized spacial score (nSPS) is 24.2. The van der Waals surface area contributed by atoms with Gasteiger partial charge < -0.3 is 15.5 Å². The van der Waals surface area contributed by atoms with Crippen LogP contribution in [0.3, 0.4) is 0 Å². The van der Waals surface area contributed by atoms with Crippen LogP contribution in [0.15, 0.2) is 30.3 Å². The molecule has 0 saturated carbocycles. The summed E-state index contributed by atoms with van der Waals surface area (Å²) in [5.41, 5.74) is 1.40. The molecule has 3 rings (SSSR count). The molecule has 0 radical (unpaired) electrons. The summed E-state index contributed by atoms with van der Waals surface area (Å²) in [6, 6.07) is 11.2. The number of amides is 1. The molecule has 0 spiro atoms. The summed E-state index contributed by atoms with van der Waals surface area (Å²) >= 11 is 0. The Morgan fingerprint density at radius 3 is 2.56 bits per heavy atom. The number of halogens is 1. The van der Waals surface area contributed by atoms with Gasteiger partial charge in [0.05, 0.1) is 0 Å². The molecular weight excluding hydrogens is 360 g/mol. The Bertz CT molecular complexity index is 548. The van der Waals surface area contributed by atoms with Crippen molar-refractivity contribution >= 4 is 18.3 Å². The van der Waals surface area contributed by atoms with Gasteiger partial charge in [0.15, 0.2) is 0 Å². The zero-order valence-electron chi connectivity index (χ0n) is 16.5. The summed E-state index contributed by atoms with van der Waals surface area (Å²) in [4.78, 5) is 17.3. The molecule has 2 aliphatic heterocycles. The van der Waals surface area contributed by atoms with Crippen molar-refractivity contribution in [2.45, 2.75) is 38.8 Å². The van der Waals surface area contributed by atoms with Crippen LogP contribution in [-0.2, 0) is 11.3 Å². The van der Waals surface area contributed by atoms with Gasteiger partial charge in [-0.15, -0.1) is 12.4 Å². The van der Waals surface area contributed by atoms with Gasteiger partial charge >= 0.3 is 0 Å². The van der Waals surface area contributed by atoms with Crippen LogP contribution in [0.25, 0.3) is 0 Å². The maximum atomic E-state index is 12.3. The Kier molecular flexibility index (Phi) is 9.56. The first kappa shape index (κ1) is 22.2. The Morgan fingerprint density at radius 1 is 1.15 bits per heavy atom. The van der Waals surface area contributed by atoms with Crippen LogP contribution >= 0.6 is 12.4 Å². The number of benzene rings is 1. The molecule has 0 bridgehead atoms. The topological polar surface area (TPSA) is 47.6 Å². The molecule has 1 aromatic rings. The van der Waals surface area contributed by atoms with Crippen LogP contribution in [0.5, 0.6) is 0 Å². The molecule has 0 unspecified atom stereocenters. The first-order chi connectivity index (χ1) is 12.7. The van der Waals surface area contributed by atoms with Crippen molar-refractivity contribution in [3.05, 3.63) is 35.9 Å². The minimum absolute atomic E-state index is 0. The molecule has 0 aromatic heterocycles. The highest BCUT2D eigenvalue weighted by atomic mass is 35.5. The van der Waals surface area contributed by atoms with Crippen molar-refractivity contribution in [2.24, 2.45) is 5.92 Å². The van der Waals surface area contributed by atoms with E-state index < -0.39 is 0 Å². The Morgan fingerprint density at radius 2 is 1.85 bits per heavy atom. The predicted octanol–water partition coefficient (Wildman–Crippen LogP) is 2.12. The van der Waals surface area contributed by atoms with E-state index in [1.165, 1.54) is 5.56 Å². The number of piperazine rings is 1. The highest BCUT2D eigenvalue weighted by molar-refractivity contribution is 5.85. The second-order valence-corrected chi connectivity index (χ2v) is 7.82. The van der Waals surface area contributed by atoms with E-state index in [0.29, 0.717) is 6.04 Å². The first-order valence-electron chi connectivity index (χ1n) is 10.2. The van der Waals surface area contributed by atoms with Gasteiger partial charge in [-0.05, 0) is 44.8 Å². The number of piperidine rings is 1. The predicted molar refractivity (Wildman–Crippen MR) is 113 cm³/mol. The van der Waals surface area contributed by atoms with Crippen LogP contribution in [0.1, 0.15) is 31.7 Å². The van der Waals surface area contributed by atoms with Crippen molar-refractivity contribution in [3.63, 3.8) is 0 Å². The third-order valence-electron chi connectivity index (χ3n) is 5.66. The fourth-order valence-corrected chi connectivity index (χ4v) is 4.04. The van der Waals surface area contributed by atoms with E-state index >= 15 is 0 Å². The summed E-state index contributed by atoms with van der Waals surface area (Å²) in [5, 5.41) is 6.56. The molecular formula is C21H35ClN4O. The van der Waals surface area contributed by atoms with E-state index in [1.54, 1.807) is 0 Å². The lowest BCUT2D eigenvalue weighted by molar-refractivity contribution is -0.126. The number of nitrogens with one attached hydrogen (secondary N) is 2. The Hall–Kier alpha value is -1.14. The first-order valence-corrected chi connectivity index (χ1v) is 10.2. The molecule has 152 valence electrons. The highest BCUT2D eigenvalue weighted by Gasteiger charge is 2.24. The molecule has 27 heavy (non-hydrogen) atoms. The van der Waals surface area contributed by atoms with Crippen molar-refractivity contribution in [2.75, 3.05) is 45.8 Å². The summed E-state index contributed by atoms with van der Waals surface area (Å²) in [7, 11) is 0.